The van der Waals surface area contributed by atoms with Crippen molar-refractivity contribution in [2.24, 2.45) is 0 Å². The number of halogens is 1. The first kappa shape index (κ1) is 21.8. The molecule has 1 fully saturated rings. The van der Waals surface area contributed by atoms with Crippen LogP contribution in [0.4, 0.5) is 0 Å². The number of nitrogens with zero attached hydrogens (tertiary/aromatic N) is 1. The molecule has 160 valence electrons. The molecule has 0 bridgehead atoms. The Kier molecular flexibility index (Phi) is 7.55. The summed E-state index contributed by atoms with van der Waals surface area (Å²) in [4.78, 5) is 15.1. The van der Waals surface area contributed by atoms with Crippen LogP contribution in [0, 0.1) is 0 Å². The van der Waals surface area contributed by atoms with Crippen molar-refractivity contribution in [1.29, 1.82) is 0 Å². The lowest BCUT2D eigenvalue weighted by atomic mass is 9.88. The molecule has 3 aromatic rings. The third kappa shape index (κ3) is 5.84. The molecule has 0 radical (unpaired) electrons. The Morgan fingerprint density at radius 2 is 1.42 bits per heavy atom. The summed E-state index contributed by atoms with van der Waals surface area (Å²) < 4.78 is 0.845. The fraction of sp³-hybridized carbons (Fsp3) is 0.296. The first-order valence-electron chi connectivity index (χ1n) is 11.1. The lowest BCUT2D eigenvalue weighted by Gasteiger charge is -2.33. The SMILES string of the molecule is O=C(NC1CCN(CCC(c2ccccc2)c2ccccc2)CC1)c1ccccc1Br. The largest absolute Gasteiger partial charge is 0.349 e. The zero-order valence-electron chi connectivity index (χ0n) is 17.7. The number of hydrogen-bond acceptors (Lipinski definition) is 2. The van der Waals surface area contributed by atoms with Crippen LogP contribution in [0.15, 0.2) is 89.4 Å². The zero-order chi connectivity index (χ0) is 21.5. The molecule has 1 saturated heterocycles. The second-order valence-corrected chi connectivity index (χ2v) is 9.09. The maximum Gasteiger partial charge on any atom is 0.252 e. The topological polar surface area (TPSA) is 32.3 Å². The Labute approximate surface area is 193 Å². The van der Waals surface area contributed by atoms with Gasteiger partial charge >= 0.3 is 0 Å². The molecule has 3 aromatic carbocycles. The molecule has 31 heavy (non-hydrogen) atoms. The maximum absolute atomic E-state index is 12.6. The summed E-state index contributed by atoms with van der Waals surface area (Å²) in [6, 6.07) is 29.5. The molecule has 0 aliphatic carbocycles. The van der Waals surface area contributed by atoms with E-state index in [0.717, 1.165) is 43.4 Å². The zero-order valence-corrected chi connectivity index (χ0v) is 19.3. The normalized spacial score (nSPS) is 15.2. The van der Waals surface area contributed by atoms with Crippen LogP contribution in [-0.4, -0.2) is 36.5 Å². The number of hydrogen-bond donors (Lipinski definition) is 1. The van der Waals surface area contributed by atoms with E-state index < -0.39 is 0 Å². The van der Waals surface area contributed by atoms with Gasteiger partial charge in [-0.25, -0.2) is 0 Å². The number of benzene rings is 3. The summed E-state index contributed by atoms with van der Waals surface area (Å²) in [5.41, 5.74) is 3.46. The molecule has 1 N–H and O–H groups in total. The first-order valence-corrected chi connectivity index (χ1v) is 11.9. The Morgan fingerprint density at radius 3 is 2.00 bits per heavy atom. The van der Waals surface area contributed by atoms with Gasteiger partial charge in [0.1, 0.15) is 0 Å². The average molecular weight is 477 g/mol. The molecule has 1 aliphatic heterocycles. The summed E-state index contributed by atoms with van der Waals surface area (Å²) in [6.07, 6.45) is 3.09. The smallest absolute Gasteiger partial charge is 0.252 e. The van der Waals surface area contributed by atoms with Gasteiger partial charge in [-0.15, -0.1) is 0 Å². The standard InChI is InChI=1S/C27H29BrN2O/c28-26-14-8-7-13-25(26)27(31)29-23-15-18-30(19-16-23)20-17-24(21-9-3-1-4-10-21)22-11-5-2-6-12-22/h1-14,23-24H,15-20H2,(H,29,31). The van der Waals surface area contributed by atoms with E-state index in [-0.39, 0.29) is 11.9 Å². The Hall–Kier alpha value is -2.43. The molecule has 0 spiro atoms. The van der Waals surface area contributed by atoms with E-state index in [9.17, 15) is 4.79 Å². The molecule has 4 rings (SSSR count). The highest BCUT2D eigenvalue weighted by Crippen LogP contribution is 2.28. The second-order valence-electron chi connectivity index (χ2n) is 8.23. The van der Waals surface area contributed by atoms with Gasteiger partial charge in [-0.05, 0) is 65.0 Å². The van der Waals surface area contributed by atoms with Crippen molar-refractivity contribution >= 4 is 21.8 Å². The van der Waals surface area contributed by atoms with Gasteiger partial charge in [0, 0.05) is 29.5 Å². The van der Waals surface area contributed by atoms with E-state index in [1.807, 2.05) is 24.3 Å². The predicted octanol–water partition coefficient (Wildman–Crippen LogP) is 5.87. The van der Waals surface area contributed by atoms with Crippen molar-refractivity contribution in [3.05, 3.63) is 106 Å². The molecule has 3 nitrogen and oxygen atoms in total. The van der Waals surface area contributed by atoms with Crippen LogP contribution in [0.3, 0.4) is 0 Å². The molecule has 0 unspecified atom stereocenters. The minimum Gasteiger partial charge on any atom is -0.349 e. The number of rotatable bonds is 7. The van der Waals surface area contributed by atoms with E-state index >= 15 is 0 Å². The summed E-state index contributed by atoms with van der Waals surface area (Å²) >= 11 is 3.47. The Morgan fingerprint density at radius 1 is 0.871 bits per heavy atom. The van der Waals surface area contributed by atoms with Gasteiger partial charge in [0.15, 0.2) is 0 Å². The van der Waals surface area contributed by atoms with Gasteiger partial charge < -0.3 is 10.2 Å². The summed E-state index contributed by atoms with van der Waals surface area (Å²) in [7, 11) is 0. The maximum atomic E-state index is 12.6. The van der Waals surface area contributed by atoms with Crippen molar-refractivity contribution in [2.75, 3.05) is 19.6 Å². The Bertz CT molecular complexity index is 929. The number of piperidine rings is 1. The molecule has 1 amide bonds. The van der Waals surface area contributed by atoms with Crippen molar-refractivity contribution in [1.82, 2.24) is 10.2 Å². The van der Waals surface area contributed by atoms with E-state index in [4.69, 9.17) is 0 Å². The van der Waals surface area contributed by atoms with Gasteiger partial charge in [0.05, 0.1) is 5.56 Å². The lowest BCUT2D eigenvalue weighted by Crippen LogP contribution is -2.45. The lowest BCUT2D eigenvalue weighted by molar-refractivity contribution is 0.0909. The third-order valence-corrected chi connectivity index (χ3v) is 6.87. The van der Waals surface area contributed by atoms with E-state index in [0.29, 0.717) is 11.5 Å². The molecular formula is C27H29BrN2O. The third-order valence-electron chi connectivity index (χ3n) is 6.18. The van der Waals surface area contributed by atoms with Crippen molar-refractivity contribution in [3.8, 4) is 0 Å². The van der Waals surface area contributed by atoms with Gasteiger partial charge in [0.25, 0.3) is 5.91 Å². The summed E-state index contributed by atoms with van der Waals surface area (Å²) in [5.74, 6) is 0.425. The van der Waals surface area contributed by atoms with Crippen molar-refractivity contribution in [3.63, 3.8) is 0 Å². The van der Waals surface area contributed by atoms with Gasteiger partial charge in [0.2, 0.25) is 0 Å². The fourth-order valence-corrected chi connectivity index (χ4v) is 4.88. The van der Waals surface area contributed by atoms with Gasteiger partial charge in [-0.1, -0.05) is 72.8 Å². The molecule has 1 aliphatic rings. The molecule has 0 aromatic heterocycles. The minimum absolute atomic E-state index is 0.0131. The highest BCUT2D eigenvalue weighted by molar-refractivity contribution is 9.10. The van der Waals surface area contributed by atoms with Crippen LogP contribution in [0.5, 0.6) is 0 Å². The number of amides is 1. The van der Waals surface area contributed by atoms with Crippen LogP contribution in [-0.2, 0) is 0 Å². The fourth-order valence-electron chi connectivity index (χ4n) is 4.42. The molecule has 0 saturated carbocycles. The number of nitrogens with one attached hydrogen (secondary N) is 1. The highest BCUT2D eigenvalue weighted by atomic mass is 79.9. The van der Waals surface area contributed by atoms with Crippen molar-refractivity contribution < 1.29 is 4.79 Å². The number of carbonyl (C=O) groups is 1. The number of likely N-dealkylation sites (tertiary alicyclic amines) is 1. The highest BCUT2D eigenvalue weighted by Gasteiger charge is 2.23. The van der Waals surface area contributed by atoms with Gasteiger partial charge in [-0.2, -0.15) is 0 Å². The average Bonchev–Trinajstić information content (AvgIpc) is 2.82. The first-order chi connectivity index (χ1) is 15.2. The Balaban J connectivity index is 1.31. The summed E-state index contributed by atoms with van der Waals surface area (Å²) in [6.45, 7) is 3.12. The summed E-state index contributed by atoms with van der Waals surface area (Å²) in [5, 5.41) is 3.22. The van der Waals surface area contributed by atoms with Crippen molar-refractivity contribution in [2.45, 2.75) is 31.2 Å². The van der Waals surface area contributed by atoms with E-state index in [1.165, 1.54) is 11.1 Å². The van der Waals surface area contributed by atoms with Crippen LogP contribution in [0.25, 0.3) is 0 Å². The van der Waals surface area contributed by atoms with Crippen LogP contribution < -0.4 is 5.32 Å². The van der Waals surface area contributed by atoms with Crippen LogP contribution in [0.1, 0.15) is 46.7 Å². The van der Waals surface area contributed by atoms with Gasteiger partial charge in [-0.3, -0.25) is 4.79 Å². The predicted molar refractivity (Wildman–Crippen MR) is 130 cm³/mol. The monoisotopic (exact) mass is 476 g/mol. The second kappa shape index (κ2) is 10.7. The molecule has 4 heteroatoms. The molecular weight excluding hydrogens is 448 g/mol. The van der Waals surface area contributed by atoms with E-state index in [1.54, 1.807) is 0 Å². The quantitative estimate of drug-likeness (QED) is 0.462. The molecule has 1 heterocycles. The van der Waals surface area contributed by atoms with E-state index in [2.05, 4.69) is 86.8 Å². The van der Waals surface area contributed by atoms with Crippen LogP contribution >= 0.6 is 15.9 Å². The molecule has 0 atom stereocenters. The van der Waals surface area contributed by atoms with Crippen LogP contribution in [0.2, 0.25) is 0 Å². The minimum atomic E-state index is 0.0131. The number of carbonyl (C=O) groups excluding carboxylic acids is 1.